The monoisotopic (exact) mass is 482 g/mol. The SMILES string of the molecule is CCOc1cc(C(=O)Nc2c(C(=O)N3CCOCC3)oc3ccccc23)cc(OCC)c1OCC. The standard InChI is InChI=1S/C26H30N2O7/c1-4-32-20-15-17(16-21(33-5-2)23(20)34-6-3)25(29)27-22-18-9-7-8-10-19(18)35-24(22)26(30)28-11-13-31-14-12-28/h7-10,15-16H,4-6,11-14H2,1-3H3,(H,27,29). The van der Waals surface area contributed by atoms with Crippen LogP contribution < -0.4 is 19.5 Å². The van der Waals surface area contributed by atoms with Crippen molar-refractivity contribution in [3.8, 4) is 17.2 Å². The van der Waals surface area contributed by atoms with Gasteiger partial charge in [-0.05, 0) is 45.0 Å². The number of carbonyl (C=O) groups excluding carboxylic acids is 2. The summed E-state index contributed by atoms with van der Waals surface area (Å²) in [5, 5.41) is 3.53. The summed E-state index contributed by atoms with van der Waals surface area (Å²) in [6.07, 6.45) is 0. The molecule has 3 aromatic rings. The summed E-state index contributed by atoms with van der Waals surface area (Å²) in [6, 6.07) is 10.4. The van der Waals surface area contributed by atoms with Crippen molar-refractivity contribution in [2.45, 2.75) is 20.8 Å². The largest absolute Gasteiger partial charge is 0.490 e. The number of carbonyl (C=O) groups is 2. The second kappa shape index (κ2) is 11.1. The van der Waals surface area contributed by atoms with Crippen molar-refractivity contribution in [1.82, 2.24) is 4.90 Å². The van der Waals surface area contributed by atoms with E-state index < -0.39 is 5.91 Å². The Morgan fingerprint density at radius 1 is 0.943 bits per heavy atom. The highest BCUT2D eigenvalue weighted by atomic mass is 16.5. The van der Waals surface area contributed by atoms with Crippen molar-refractivity contribution in [2.24, 2.45) is 0 Å². The lowest BCUT2D eigenvalue weighted by Gasteiger charge is -2.26. The Balaban J connectivity index is 1.72. The first-order valence-corrected chi connectivity index (χ1v) is 11.8. The number of anilines is 1. The summed E-state index contributed by atoms with van der Waals surface area (Å²) < 4.78 is 28.5. The molecule has 1 aromatic heterocycles. The number of nitrogens with one attached hydrogen (secondary N) is 1. The molecule has 1 aliphatic heterocycles. The van der Waals surface area contributed by atoms with Crippen LogP contribution in [-0.4, -0.2) is 62.8 Å². The summed E-state index contributed by atoms with van der Waals surface area (Å²) in [5.74, 6) is 0.625. The fraction of sp³-hybridized carbons (Fsp3) is 0.385. The van der Waals surface area contributed by atoms with Crippen LogP contribution in [0.4, 0.5) is 5.69 Å². The van der Waals surface area contributed by atoms with Crippen LogP contribution in [0.3, 0.4) is 0 Å². The molecule has 0 saturated carbocycles. The molecule has 1 N–H and O–H groups in total. The van der Waals surface area contributed by atoms with E-state index in [0.29, 0.717) is 85.6 Å². The first-order chi connectivity index (χ1) is 17.1. The van der Waals surface area contributed by atoms with E-state index in [1.54, 1.807) is 29.2 Å². The molecule has 35 heavy (non-hydrogen) atoms. The maximum absolute atomic E-state index is 13.4. The Kier molecular flexibility index (Phi) is 7.77. The molecule has 186 valence electrons. The first-order valence-electron chi connectivity index (χ1n) is 11.8. The average Bonchev–Trinajstić information content (AvgIpc) is 3.24. The number of benzene rings is 2. The van der Waals surface area contributed by atoms with E-state index in [-0.39, 0.29) is 11.7 Å². The van der Waals surface area contributed by atoms with Gasteiger partial charge < -0.3 is 33.6 Å². The van der Waals surface area contributed by atoms with Gasteiger partial charge in [0.1, 0.15) is 11.3 Å². The lowest BCUT2D eigenvalue weighted by atomic mass is 10.1. The molecule has 0 radical (unpaired) electrons. The predicted octanol–water partition coefficient (Wildman–Crippen LogP) is 4.35. The Labute approximate surface area is 203 Å². The van der Waals surface area contributed by atoms with Crippen LogP contribution >= 0.6 is 0 Å². The molecule has 9 heteroatoms. The smallest absolute Gasteiger partial charge is 0.291 e. The Morgan fingerprint density at radius 2 is 1.57 bits per heavy atom. The van der Waals surface area contributed by atoms with Crippen LogP contribution in [0.15, 0.2) is 40.8 Å². The van der Waals surface area contributed by atoms with E-state index in [4.69, 9.17) is 23.4 Å². The molecule has 2 aromatic carbocycles. The molecule has 0 unspecified atom stereocenters. The molecule has 0 spiro atoms. The third-order valence-electron chi connectivity index (χ3n) is 5.50. The normalized spacial score (nSPS) is 13.5. The van der Waals surface area contributed by atoms with Crippen molar-refractivity contribution < 1.29 is 33.0 Å². The number of nitrogens with zero attached hydrogens (tertiary/aromatic N) is 1. The van der Waals surface area contributed by atoms with E-state index in [1.165, 1.54) is 0 Å². The maximum Gasteiger partial charge on any atom is 0.291 e. The molecule has 4 rings (SSSR count). The topological polar surface area (TPSA) is 99.5 Å². The van der Waals surface area contributed by atoms with Crippen LogP contribution in [0.5, 0.6) is 17.2 Å². The molecule has 2 heterocycles. The van der Waals surface area contributed by atoms with Crippen molar-refractivity contribution >= 4 is 28.5 Å². The van der Waals surface area contributed by atoms with Gasteiger partial charge in [0.25, 0.3) is 11.8 Å². The zero-order valence-corrected chi connectivity index (χ0v) is 20.2. The molecule has 0 bridgehead atoms. The molecule has 1 fully saturated rings. The van der Waals surface area contributed by atoms with E-state index in [9.17, 15) is 9.59 Å². The third-order valence-corrected chi connectivity index (χ3v) is 5.50. The second-order valence-electron chi connectivity index (χ2n) is 7.76. The van der Waals surface area contributed by atoms with Gasteiger partial charge in [0.2, 0.25) is 11.5 Å². The van der Waals surface area contributed by atoms with E-state index in [0.717, 1.165) is 0 Å². The first kappa shape index (κ1) is 24.4. The van der Waals surface area contributed by atoms with Gasteiger partial charge in [-0.1, -0.05) is 12.1 Å². The number of hydrogen-bond donors (Lipinski definition) is 1. The minimum Gasteiger partial charge on any atom is -0.490 e. The quantitative estimate of drug-likeness (QED) is 0.484. The van der Waals surface area contributed by atoms with Crippen LogP contribution in [-0.2, 0) is 4.74 Å². The number of para-hydroxylation sites is 1. The Bertz CT molecular complexity index is 1170. The van der Waals surface area contributed by atoms with E-state index >= 15 is 0 Å². The van der Waals surface area contributed by atoms with Gasteiger partial charge in [-0.15, -0.1) is 0 Å². The summed E-state index contributed by atoms with van der Waals surface area (Å²) in [5.41, 5.74) is 1.14. The van der Waals surface area contributed by atoms with E-state index in [2.05, 4.69) is 5.32 Å². The lowest BCUT2D eigenvalue weighted by molar-refractivity contribution is 0.0285. The Hall–Kier alpha value is -3.72. The van der Waals surface area contributed by atoms with Gasteiger partial charge >= 0.3 is 0 Å². The number of amides is 2. The molecular formula is C26H30N2O7. The van der Waals surface area contributed by atoms with Crippen LogP contribution in [0.25, 0.3) is 11.0 Å². The highest BCUT2D eigenvalue weighted by molar-refractivity contribution is 6.14. The van der Waals surface area contributed by atoms with Gasteiger partial charge in [-0.2, -0.15) is 0 Å². The van der Waals surface area contributed by atoms with E-state index in [1.807, 2.05) is 32.9 Å². The fourth-order valence-corrected chi connectivity index (χ4v) is 3.94. The predicted molar refractivity (Wildman–Crippen MR) is 131 cm³/mol. The van der Waals surface area contributed by atoms with Crippen LogP contribution in [0.1, 0.15) is 41.7 Å². The summed E-state index contributed by atoms with van der Waals surface area (Å²) in [7, 11) is 0. The molecule has 0 atom stereocenters. The van der Waals surface area contributed by atoms with Gasteiger partial charge in [0.15, 0.2) is 11.5 Å². The lowest BCUT2D eigenvalue weighted by Crippen LogP contribution is -2.40. The summed E-state index contributed by atoms with van der Waals surface area (Å²) in [4.78, 5) is 28.4. The van der Waals surface area contributed by atoms with Crippen molar-refractivity contribution in [3.63, 3.8) is 0 Å². The van der Waals surface area contributed by atoms with Gasteiger partial charge in [-0.3, -0.25) is 9.59 Å². The molecule has 2 amide bonds. The molecular weight excluding hydrogens is 452 g/mol. The molecule has 0 aliphatic carbocycles. The molecule has 1 saturated heterocycles. The number of ether oxygens (including phenoxy) is 4. The highest BCUT2D eigenvalue weighted by Crippen LogP contribution is 2.40. The number of morpholine rings is 1. The molecule has 1 aliphatic rings. The molecule has 9 nitrogen and oxygen atoms in total. The number of rotatable bonds is 9. The second-order valence-corrected chi connectivity index (χ2v) is 7.76. The van der Waals surface area contributed by atoms with Crippen LogP contribution in [0, 0.1) is 0 Å². The summed E-state index contributed by atoms with van der Waals surface area (Å²) >= 11 is 0. The van der Waals surface area contributed by atoms with Crippen molar-refractivity contribution in [1.29, 1.82) is 0 Å². The van der Waals surface area contributed by atoms with Crippen molar-refractivity contribution in [2.75, 3.05) is 51.4 Å². The maximum atomic E-state index is 13.4. The zero-order valence-electron chi connectivity index (χ0n) is 20.2. The van der Waals surface area contributed by atoms with Gasteiger partial charge in [0, 0.05) is 24.0 Å². The van der Waals surface area contributed by atoms with Gasteiger partial charge in [0.05, 0.1) is 33.0 Å². The van der Waals surface area contributed by atoms with Crippen LogP contribution in [0.2, 0.25) is 0 Å². The van der Waals surface area contributed by atoms with Gasteiger partial charge in [-0.25, -0.2) is 0 Å². The Morgan fingerprint density at radius 3 is 2.20 bits per heavy atom. The number of hydrogen-bond acceptors (Lipinski definition) is 7. The average molecular weight is 483 g/mol. The zero-order chi connectivity index (χ0) is 24.8. The van der Waals surface area contributed by atoms with Crippen molar-refractivity contribution in [3.05, 3.63) is 47.7 Å². The fourth-order valence-electron chi connectivity index (χ4n) is 3.94. The minimum atomic E-state index is -0.433. The summed E-state index contributed by atoms with van der Waals surface area (Å²) in [6.45, 7) is 8.59. The third kappa shape index (κ3) is 5.19. The highest BCUT2D eigenvalue weighted by Gasteiger charge is 2.28. The minimum absolute atomic E-state index is 0.0856. The number of fused-ring (bicyclic) bond motifs is 1. The number of furan rings is 1.